The van der Waals surface area contributed by atoms with Crippen LogP contribution in [-0.2, 0) is 5.11 Å². The van der Waals surface area contributed by atoms with Gasteiger partial charge in [0.05, 0.1) is 0 Å². The minimum Gasteiger partial charge on any atom is -0.229 e. The zero-order valence-corrected chi connectivity index (χ0v) is 14.0. The van der Waals surface area contributed by atoms with Gasteiger partial charge in [0, 0.05) is 0 Å². The fourth-order valence-corrected chi connectivity index (χ4v) is 3.12. The van der Waals surface area contributed by atoms with Gasteiger partial charge in [-0.25, -0.2) is 5.11 Å². The van der Waals surface area contributed by atoms with Crippen LogP contribution in [0.2, 0.25) is 0 Å². The lowest BCUT2D eigenvalue weighted by atomic mass is 9.77. The Labute approximate surface area is 122 Å². The largest absolute Gasteiger partial charge is 0.229 e. The first-order valence-electron chi connectivity index (χ1n) is 8.84. The second kappa shape index (κ2) is 11.8. The van der Waals surface area contributed by atoms with Crippen LogP contribution in [0.5, 0.6) is 0 Å². The molecule has 0 aromatic carbocycles. The van der Waals surface area contributed by atoms with E-state index in [1.165, 1.54) is 51.4 Å². The highest BCUT2D eigenvalue weighted by atomic mass is 16.3. The smallest absolute Gasteiger partial charge is 0.106 e. The quantitative estimate of drug-likeness (QED) is 0.339. The maximum Gasteiger partial charge on any atom is 0.106 e. The molecule has 1 nitrogen and oxygen atoms in total. The average molecular weight is 269 g/mol. The maximum atomic E-state index is 12.8. The summed E-state index contributed by atoms with van der Waals surface area (Å²) in [6.45, 7) is 8.65. The second-order valence-corrected chi connectivity index (χ2v) is 6.17. The summed E-state index contributed by atoms with van der Waals surface area (Å²) >= 11 is 0. The molecule has 0 aliphatic heterocycles. The molecule has 0 spiro atoms. The lowest BCUT2D eigenvalue weighted by Crippen LogP contribution is -2.35. The molecule has 0 bridgehead atoms. The van der Waals surface area contributed by atoms with Crippen molar-refractivity contribution in [2.24, 2.45) is 5.92 Å². The fraction of sp³-hybridized carbons (Fsp3) is 1.00. The van der Waals surface area contributed by atoms with Gasteiger partial charge in [0.15, 0.2) is 0 Å². The predicted octanol–water partition coefficient (Wildman–Crippen LogP) is 6.53. The van der Waals surface area contributed by atoms with E-state index >= 15 is 0 Å². The van der Waals surface area contributed by atoms with Gasteiger partial charge in [0.2, 0.25) is 0 Å². The van der Waals surface area contributed by atoms with Gasteiger partial charge in [-0.05, 0) is 31.6 Å². The Kier molecular flexibility index (Phi) is 11.7. The van der Waals surface area contributed by atoms with Gasteiger partial charge in [-0.1, -0.05) is 79.1 Å². The third-order valence-electron chi connectivity index (χ3n) is 4.75. The molecule has 0 aromatic heterocycles. The summed E-state index contributed by atoms with van der Waals surface area (Å²) in [5, 5.41) is 12.8. The lowest BCUT2D eigenvalue weighted by Gasteiger charge is -2.33. The second-order valence-electron chi connectivity index (χ2n) is 6.17. The van der Waals surface area contributed by atoms with Crippen molar-refractivity contribution in [2.45, 2.75) is 110 Å². The number of rotatable bonds is 13. The van der Waals surface area contributed by atoms with E-state index in [1.54, 1.807) is 0 Å². The Balaban J connectivity index is 4.05. The van der Waals surface area contributed by atoms with Crippen LogP contribution < -0.4 is 0 Å². The van der Waals surface area contributed by atoms with E-state index in [0.717, 1.165) is 25.7 Å². The molecule has 115 valence electrons. The van der Waals surface area contributed by atoms with Crippen molar-refractivity contribution < 1.29 is 5.11 Å². The molecule has 0 fully saturated rings. The van der Waals surface area contributed by atoms with E-state index in [-0.39, 0.29) is 0 Å². The normalized spacial score (nSPS) is 13.7. The monoisotopic (exact) mass is 269 g/mol. The highest BCUT2D eigenvalue weighted by Gasteiger charge is 2.34. The summed E-state index contributed by atoms with van der Waals surface area (Å²) < 4.78 is 0. The summed E-state index contributed by atoms with van der Waals surface area (Å²) in [5.74, 6) is 0.411. The van der Waals surface area contributed by atoms with Gasteiger partial charge in [-0.2, -0.15) is 0 Å². The molecule has 0 amide bonds. The molecule has 0 saturated heterocycles. The molecule has 0 N–H and O–H groups in total. The first kappa shape index (κ1) is 19.0. The average Bonchev–Trinajstić information content (AvgIpc) is 2.45. The number of hydrogen-bond donors (Lipinski definition) is 0. The van der Waals surface area contributed by atoms with Crippen molar-refractivity contribution in [1.29, 1.82) is 0 Å². The molecule has 0 heterocycles. The van der Waals surface area contributed by atoms with Crippen molar-refractivity contribution in [3.63, 3.8) is 0 Å². The van der Waals surface area contributed by atoms with Crippen LogP contribution in [0.15, 0.2) is 0 Å². The Morgan fingerprint density at radius 2 is 1.16 bits per heavy atom. The minimum atomic E-state index is -0.654. The van der Waals surface area contributed by atoms with E-state index in [4.69, 9.17) is 0 Å². The highest BCUT2D eigenvalue weighted by Crippen LogP contribution is 2.34. The first-order valence-corrected chi connectivity index (χ1v) is 8.84. The molecule has 0 aromatic rings. The van der Waals surface area contributed by atoms with Gasteiger partial charge in [0.1, 0.15) is 5.60 Å². The van der Waals surface area contributed by atoms with E-state index < -0.39 is 5.60 Å². The Bertz CT molecular complexity index is 184. The molecule has 1 heteroatoms. The van der Waals surface area contributed by atoms with Crippen LogP contribution in [0.1, 0.15) is 105 Å². The molecule has 0 aliphatic carbocycles. The van der Waals surface area contributed by atoms with Crippen LogP contribution in [0.25, 0.3) is 0 Å². The van der Waals surface area contributed by atoms with Crippen LogP contribution in [0.3, 0.4) is 0 Å². The maximum absolute atomic E-state index is 12.8. The van der Waals surface area contributed by atoms with Gasteiger partial charge in [-0.3, -0.25) is 0 Å². The number of unbranched alkanes of at least 4 members (excludes halogenated alkanes) is 6. The molecule has 1 radical (unpaired) electrons. The highest BCUT2D eigenvalue weighted by molar-refractivity contribution is 4.83. The molecular weight excluding hydrogens is 232 g/mol. The molecule has 19 heavy (non-hydrogen) atoms. The van der Waals surface area contributed by atoms with Gasteiger partial charge >= 0.3 is 0 Å². The van der Waals surface area contributed by atoms with Crippen LogP contribution in [0.4, 0.5) is 0 Å². The standard InChI is InChI=1S/C18H37O/c1-5-9-11-12-13-14-16-17(15-10-6-2)18(19,7-3)8-4/h17H,5-16H2,1-4H3. The Morgan fingerprint density at radius 3 is 1.68 bits per heavy atom. The SMILES string of the molecule is CCCCCCCCC(CCCC)C([O])(CC)CC. The zero-order chi connectivity index (χ0) is 14.6. The van der Waals surface area contributed by atoms with Crippen molar-refractivity contribution in [3.8, 4) is 0 Å². The van der Waals surface area contributed by atoms with E-state index in [0.29, 0.717) is 5.92 Å². The van der Waals surface area contributed by atoms with Crippen LogP contribution >= 0.6 is 0 Å². The summed E-state index contributed by atoms with van der Waals surface area (Å²) in [6, 6.07) is 0. The van der Waals surface area contributed by atoms with Gasteiger partial charge in [-0.15, -0.1) is 0 Å². The summed E-state index contributed by atoms with van der Waals surface area (Å²) in [6.07, 6.45) is 14.4. The van der Waals surface area contributed by atoms with Crippen molar-refractivity contribution in [1.82, 2.24) is 0 Å². The summed E-state index contributed by atoms with van der Waals surface area (Å²) in [5.41, 5.74) is -0.654. The van der Waals surface area contributed by atoms with Crippen molar-refractivity contribution >= 4 is 0 Å². The molecular formula is C18H37O. The Morgan fingerprint density at radius 1 is 0.684 bits per heavy atom. The lowest BCUT2D eigenvalue weighted by molar-refractivity contribution is -0.0903. The predicted molar refractivity (Wildman–Crippen MR) is 85.0 cm³/mol. The molecule has 1 unspecified atom stereocenters. The fourth-order valence-electron chi connectivity index (χ4n) is 3.12. The van der Waals surface area contributed by atoms with Crippen molar-refractivity contribution in [3.05, 3.63) is 0 Å². The Hall–Kier alpha value is -0.0400. The topological polar surface area (TPSA) is 19.9 Å². The summed E-state index contributed by atoms with van der Waals surface area (Å²) in [4.78, 5) is 0. The molecule has 0 saturated carbocycles. The van der Waals surface area contributed by atoms with Gasteiger partial charge < -0.3 is 0 Å². The zero-order valence-electron chi connectivity index (χ0n) is 14.0. The molecule has 0 aliphatic rings. The van der Waals surface area contributed by atoms with Crippen LogP contribution in [-0.4, -0.2) is 5.60 Å². The van der Waals surface area contributed by atoms with E-state index in [2.05, 4.69) is 27.7 Å². The molecule has 0 rings (SSSR count). The van der Waals surface area contributed by atoms with Crippen LogP contribution in [0, 0.1) is 5.92 Å². The third-order valence-corrected chi connectivity index (χ3v) is 4.75. The van der Waals surface area contributed by atoms with Crippen molar-refractivity contribution in [2.75, 3.05) is 0 Å². The van der Waals surface area contributed by atoms with E-state index in [9.17, 15) is 5.11 Å². The first-order chi connectivity index (χ1) is 9.14. The minimum absolute atomic E-state index is 0.411. The van der Waals surface area contributed by atoms with Gasteiger partial charge in [0.25, 0.3) is 0 Å². The third kappa shape index (κ3) is 7.97. The van der Waals surface area contributed by atoms with E-state index in [1.807, 2.05) is 0 Å². The summed E-state index contributed by atoms with van der Waals surface area (Å²) in [7, 11) is 0. The number of hydrogen-bond acceptors (Lipinski definition) is 0. The molecule has 1 atom stereocenters.